The quantitative estimate of drug-likeness (QED) is 0.568. The van der Waals surface area contributed by atoms with Gasteiger partial charge in [-0.05, 0) is 36.6 Å². The highest BCUT2D eigenvalue weighted by molar-refractivity contribution is 7.16. The number of anilines is 2. The number of nitrogens with zero attached hydrogens (tertiary/aromatic N) is 3. The zero-order valence-corrected chi connectivity index (χ0v) is 16.8. The van der Waals surface area contributed by atoms with E-state index in [0.717, 1.165) is 42.4 Å². The molecule has 2 aromatic rings. The second-order valence-corrected chi connectivity index (χ2v) is 7.61. The van der Waals surface area contributed by atoms with Crippen LogP contribution in [0, 0.1) is 11.3 Å². The molecular weight excluding hydrogens is 372 g/mol. The number of amides is 1. The molecule has 1 aromatic carbocycles. The summed E-state index contributed by atoms with van der Waals surface area (Å²) in [4.78, 5) is 19.8. The molecule has 3 rings (SSSR count). The lowest BCUT2D eigenvalue weighted by Gasteiger charge is -2.25. The third-order valence-corrected chi connectivity index (χ3v) is 5.48. The largest absolute Gasteiger partial charge is 0.378 e. The minimum absolute atomic E-state index is 0.0623. The van der Waals surface area contributed by atoms with Crippen molar-refractivity contribution in [2.24, 2.45) is 0 Å². The minimum atomic E-state index is -0.412. The second kappa shape index (κ2) is 10.0. The van der Waals surface area contributed by atoms with E-state index < -0.39 is 5.91 Å². The summed E-state index contributed by atoms with van der Waals surface area (Å²) in [5.74, 6) is -0.412. The van der Waals surface area contributed by atoms with E-state index in [1.165, 1.54) is 16.9 Å². The van der Waals surface area contributed by atoms with E-state index in [-0.39, 0.29) is 5.57 Å². The normalized spacial score (nSPS) is 14.6. The Hall–Kier alpha value is -2.69. The molecule has 7 heteroatoms. The molecule has 0 unspecified atom stereocenters. The summed E-state index contributed by atoms with van der Waals surface area (Å²) in [5.41, 5.74) is 1.99. The summed E-state index contributed by atoms with van der Waals surface area (Å²) >= 11 is 1.47. The molecule has 1 aliphatic heterocycles. The lowest BCUT2D eigenvalue weighted by atomic mass is 10.1. The molecule has 1 fully saturated rings. The van der Waals surface area contributed by atoms with E-state index in [2.05, 4.69) is 22.1 Å². The first-order valence-electron chi connectivity index (χ1n) is 9.50. The van der Waals surface area contributed by atoms with Crippen LogP contribution in [-0.4, -0.2) is 37.2 Å². The van der Waals surface area contributed by atoms with Crippen LogP contribution in [0.25, 0.3) is 6.08 Å². The summed E-state index contributed by atoms with van der Waals surface area (Å²) in [5, 5.41) is 13.1. The highest BCUT2D eigenvalue weighted by Crippen LogP contribution is 2.25. The molecule has 0 bridgehead atoms. The fraction of sp³-hybridized carbons (Fsp3) is 0.381. The van der Waals surface area contributed by atoms with Crippen molar-refractivity contribution in [3.05, 3.63) is 46.5 Å². The van der Waals surface area contributed by atoms with E-state index in [1.807, 2.05) is 30.3 Å². The second-order valence-electron chi connectivity index (χ2n) is 6.57. The number of morpholine rings is 1. The number of carbonyl (C=O) groups excluding carboxylic acids is 1. The number of rotatable bonds is 7. The first-order chi connectivity index (χ1) is 13.7. The van der Waals surface area contributed by atoms with Crippen LogP contribution in [0.15, 0.2) is 36.0 Å². The van der Waals surface area contributed by atoms with Gasteiger partial charge in [0.05, 0.1) is 18.1 Å². The van der Waals surface area contributed by atoms with Gasteiger partial charge in [0.25, 0.3) is 5.91 Å². The molecule has 0 saturated carbocycles. The van der Waals surface area contributed by atoms with Gasteiger partial charge in [0, 0.05) is 25.0 Å². The van der Waals surface area contributed by atoms with E-state index >= 15 is 0 Å². The number of carbonyl (C=O) groups is 1. The van der Waals surface area contributed by atoms with Gasteiger partial charge in [0.1, 0.15) is 11.6 Å². The molecule has 1 N–H and O–H groups in total. The maximum Gasteiger partial charge on any atom is 0.266 e. The van der Waals surface area contributed by atoms with E-state index in [9.17, 15) is 10.1 Å². The van der Waals surface area contributed by atoms with Crippen LogP contribution in [0.5, 0.6) is 0 Å². The molecule has 1 amide bonds. The molecule has 2 heterocycles. The number of thiazole rings is 1. The van der Waals surface area contributed by atoms with E-state index in [4.69, 9.17) is 4.74 Å². The smallest absolute Gasteiger partial charge is 0.266 e. The van der Waals surface area contributed by atoms with Gasteiger partial charge in [-0.15, -0.1) is 0 Å². The van der Waals surface area contributed by atoms with Crippen LogP contribution in [0.2, 0.25) is 0 Å². The number of benzene rings is 1. The van der Waals surface area contributed by atoms with E-state index in [0.29, 0.717) is 18.9 Å². The van der Waals surface area contributed by atoms with Crippen molar-refractivity contribution in [3.8, 4) is 6.07 Å². The number of nitriles is 1. The summed E-state index contributed by atoms with van der Waals surface area (Å²) in [7, 11) is 0. The van der Waals surface area contributed by atoms with Crippen molar-refractivity contribution in [1.29, 1.82) is 5.26 Å². The van der Waals surface area contributed by atoms with Gasteiger partial charge in [-0.3, -0.25) is 4.79 Å². The maximum atomic E-state index is 12.5. The predicted octanol–water partition coefficient (Wildman–Crippen LogP) is 3.87. The monoisotopic (exact) mass is 396 g/mol. The minimum Gasteiger partial charge on any atom is -0.378 e. The Bertz CT molecular complexity index is 861. The number of hydrogen-bond acceptors (Lipinski definition) is 6. The molecule has 146 valence electrons. The fourth-order valence-corrected chi connectivity index (χ4v) is 3.78. The van der Waals surface area contributed by atoms with Crippen LogP contribution < -0.4 is 10.2 Å². The van der Waals surface area contributed by atoms with Crippen molar-refractivity contribution >= 4 is 34.1 Å². The first-order valence-corrected chi connectivity index (χ1v) is 10.3. The number of aryl methyl sites for hydroxylation is 1. The van der Waals surface area contributed by atoms with Crippen LogP contribution in [0.1, 0.15) is 30.2 Å². The zero-order chi connectivity index (χ0) is 19.8. The average molecular weight is 397 g/mol. The van der Waals surface area contributed by atoms with Crippen LogP contribution >= 0.6 is 11.3 Å². The van der Waals surface area contributed by atoms with Crippen molar-refractivity contribution in [2.45, 2.75) is 26.2 Å². The number of aromatic nitrogens is 1. The van der Waals surface area contributed by atoms with Crippen LogP contribution in [0.3, 0.4) is 0 Å². The SMILES string of the molecule is CCCCc1ccc(NC(=O)/C(C#N)=C/c2cnc(N3CCOCC3)s2)cc1. The summed E-state index contributed by atoms with van der Waals surface area (Å²) < 4.78 is 5.35. The maximum absolute atomic E-state index is 12.5. The summed E-state index contributed by atoms with van der Waals surface area (Å²) in [6, 6.07) is 9.77. The van der Waals surface area contributed by atoms with Crippen molar-refractivity contribution in [1.82, 2.24) is 4.98 Å². The Balaban J connectivity index is 1.64. The molecule has 6 nitrogen and oxygen atoms in total. The van der Waals surface area contributed by atoms with Gasteiger partial charge >= 0.3 is 0 Å². The Morgan fingerprint density at radius 2 is 2.11 bits per heavy atom. The Labute approximate surface area is 169 Å². The summed E-state index contributed by atoms with van der Waals surface area (Å²) in [6.07, 6.45) is 6.62. The van der Waals surface area contributed by atoms with Crippen molar-refractivity contribution in [2.75, 3.05) is 36.5 Å². The van der Waals surface area contributed by atoms with Gasteiger partial charge in [-0.1, -0.05) is 36.8 Å². The van der Waals surface area contributed by atoms with Gasteiger partial charge in [-0.2, -0.15) is 5.26 Å². The predicted molar refractivity (Wildman–Crippen MR) is 112 cm³/mol. The van der Waals surface area contributed by atoms with Gasteiger partial charge in [0.15, 0.2) is 5.13 Å². The molecular formula is C21H24N4O2S. The van der Waals surface area contributed by atoms with Crippen molar-refractivity contribution < 1.29 is 9.53 Å². The molecule has 0 aliphatic carbocycles. The number of ether oxygens (including phenoxy) is 1. The molecule has 1 saturated heterocycles. The highest BCUT2D eigenvalue weighted by atomic mass is 32.1. The fourth-order valence-electron chi connectivity index (χ4n) is 2.87. The standard InChI is InChI=1S/C21H24N4O2S/c1-2-3-4-16-5-7-18(8-6-16)24-20(26)17(14-22)13-19-15-23-21(28-19)25-9-11-27-12-10-25/h5-8,13,15H,2-4,9-12H2,1H3,(H,24,26)/b17-13+. The molecule has 0 atom stereocenters. The third-order valence-electron chi connectivity index (χ3n) is 4.48. The lowest BCUT2D eigenvalue weighted by Crippen LogP contribution is -2.36. The zero-order valence-electron chi connectivity index (χ0n) is 16.0. The van der Waals surface area contributed by atoms with Crippen LogP contribution in [0.4, 0.5) is 10.8 Å². The Morgan fingerprint density at radius 1 is 1.36 bits per heavy atom. The first kappa shape index (κ1) is 20.1. The number of unbranched alkanes of at least 4 members (excludes halogenated alkanes) is 1. The average Bonchev–Trinajstić information content (AvgIpc) is 3.21. The van der Waals surface area contributed by atoms with Gasteiger partial charge in [0.2, 0.25) is 0 Å². The summed E-state index contributed by atoms with van der Waals surface area (Å²) in [6.45, 7) is 5.14. The number of hydrogen-bond donors (Lipinski definition) is 1. The van der Waals surface area contributed by atoms with Crippen molar-refractivity contribution in [3.63, 3.8) is 0 Å². The topological polar surface area (TPSA) is 78.2 Å². The highest BCUT2D eigenvalue weighted by Gasteiger charge is 2.15. The molecule has 0 radical (unpaired) electrons. The Kier molecular flexibility index (Phi) is 7.18. The van der Waals surface area contributed by atoms with Gasteiger partial charge < -0.3 is 15.0 Å². The lowest BCUT2D eigenvalue weighted by molar-refractivity contribution is -0.112. The van der Waals surface area contributed by atoms with Crippen LogP contribution in [-0.2, 0) is 16.0 Å². The molecule has 1 aromatic heterocycles. The molecule has 1 aliphatic rings. The van der Waals surface area contributed by atoms with E-state index in [1.54, 1.807) is 12.3 Å². The molecule has 28 heavy (non-hydrogen) atoms. The third kappa shape index (κ3) is 5.41. The Morgan fingerprint density at radius 3 is 2.79 bits per heavy atom. The van der Waals surface area contributed by atoms with Gasteiger partial charge in [-0.25, -0.2) is 4.98 Å². The molecule has 0 spiro atoms. The number of nitrogens with one attached hydrogen (secondary N) is 1.